The molecule has 3 aromatic heterocycles. The molecule has 0 aliphatic carbocycles. The van der Waals surface area contributed by atoms with Crippen LogP contribution in [0.15, 0.2) is 72.2 Å². The molecule has 1 amide bonds. The number of hydrogen-bond acceptors (Lipinski definition) is 5. The summed E-state index contributed by atoms with van der Waals surface area (Å²) >= 11 is 1.63. The molecule has 2 N–H and O–H groups in total. The Hall–Kier alpha value is -3.78. The van der Waals surface area contributed by atoms with Crippen LogP contribution in [0.5, 0.6) is 0 Å². The van der Waals surface area contributed by atoms with E-state index in [0.717, 1.165) is 27.3 Å². The number of hydrogen-bond donors (Lipinski definition) is 2. The topological polar surface area (TPSA) is 88.5 Å². The van der Waals surface area contributed by atoms with Gasteiger partial charge in [0.25, 0.3) is 5.91 Å². The maximum absolute atomic E-state index is 12.6. The number of carbonyl (C=O) groups is 1. The summed E-state index contributed by atoms with van der Waals surface area (Å²) in [7, 11) is 0. The molecule has 29 heavy (non-hydrogen) atoms. The number of benzene rings is 2. The average molecular weight is 400 g/mol. The number of aromatic amines is 1. The highest BCUT2D eigenvalue weighted by atomic mass is 32.1. The monoisotopic (exact) mass is 400 g/mol. The lowest BCUT2D eigenvalue weighted by molar-refractivity contribution is 0.102. The average Bonchev–Trinajstić information content (AvgIpc) is 3.48. The molecular formula is C21H16N6OS. The third kappa shape index (κ3) is 3.65. The molecule has 142 valence electrons. The van der Waals surface area contributed by atoms with Gasteiger partial charge in [-0.25, -0.2) is 9.67 Å². The molecule has 0 spiro atoms. The molecule has 0 unspecified atom stereocenters. The normalized spacial score (nSPS) is 11.0. The number of thiophene rings is 1. The van der Waals surface area contributed by atoms with Crippen LogP contribution in [0.2, 0.25) is 0 Å². The van der Waals surface area contributed by atoms with Gasteiger partial charge < -0.3 is 10.3 Å². The Morgan fingerprint density at radius 1 is 1.10 bits per heavy atom. The molecule has 5 rings (SSSR count). The van der Waals surface area contributed by atoms with Crippen LogP contribution in [0, 0.1) is 0 Å². The second kappa shape index (κ2) is 7.33. The molecule has 0 aliphatic heterocycles. The van der Waals surface area contributed by atoms with E-state index in [1.165, 1.54) is 0 Å². The number of aromatic nitrogens is 5. The van der Waals surface area contributed by atoms with Gasteiger partial charge in [-0.1, -0.05) is 41.6 Å². The van der Waals surface area contributed by atoms with Gasteiger partial charge in [0.05, 0.1) is 28.7 Å². The molecule has 0 bridgehead atoms. The van der Waals surface area contributed by atoms with Crippen molar-refractivity contribution in [2.45, 2.75) is 6.54 Å². The minimum Gasteiger partial charge on any atom is -0.337 e. The van der Waals surface area contributed by atoms with Crippen LogP contribution >= 0.6 is 11.3 Å². The van der Waals surface area contributed by atoms with E-state index in [9.17, 15) is 4.79 Å². The summed E-state index contributed by atoms with van der Waals surface area (Å²) in [5.74, 6) is 0.518. The smallest absolute Gasteiger partial charge is 0.277 e. The van der Waals surface area contributed by atoms with Crippen LogP contribution < -0.4 is 5.32 Å². The second-order valence-corrected chi connectivity index (χ2v) is 7.48. The van der Waals surface area contributed by atoms with Crippen LogP contribution in [-0.4, -0.2) is 30.9 Å². The predicted molar refractivity (Wildman–Crippen MR) is 113 cm³/mol. The van der Waals surface area contributed by atoms with Gasteiger partial charge in [-0.15, -0.1) is 16.4 Å². The summed E-state index contributed by atoms with van der Waals surface area (Å²) in [4.78, 5) is 21.5. The summed E-state index contributed by atoms with van der Waals surface area (Å²) in [6.07, 6.45) is 1.64. The number of imidazole rings is 1. The van der Waals surface area contributed by atoms with Crippen LogP contribution in [0.4, 0.5) is 5.69 Å². The predicted octanol–water partition coefficient (Wildman–Crippen LogP) is 4.18. The van der Waals surface area contributed by atoms with E-state index in [0.29, 0.717) is 12.2 Å². The quantitative estimate of drug-likeness (QED) is 0.463. The van der Waals surface area contributed by atoms with E-state index >= 15 is 0 Å². The SMILES string of the molecule is O=C(Nc1ccc2nc(-c3cccs3)[nH]c2c1)c1cn(Cc2ccccc2)nn1. The highest BCUT2D eigenvalue weighted by Crippen LogP contribution is 2.26. The van der Waals surface area contributed by atoms with E-state index in [4.69, 9.17) is 0 Å². The molecule has 0 aliphatic rings. The van der Waals surface area contributed by atoms with Crippen LogP contribution in [0.25, 0.3) is 21.7 Å². The van der Waals surface area contributed by atoms with Gasteiger partial charge >= 0.3 is 0 Å². The second-order valence-electron chi connectivity index (χ2n) is 6.54. The Morgan fingerprint density at radius 2 is 2.00 bits per heavy atom. The van der Waals surface area contributed by atoms with E-state index in [2.05, 4.69) is 25.6 Å². The third-order valence-corrected chi connectivity index (χ3v) is 5.33. The Bertz CT molecular complexity index is 1270. The lowest BCUT2D eigenvalue weighted by Crippen LogP contribution is -2.12. The van der Waals surface area contributed by atoms with E-state index in [-0.39, 0.29) is 11.6 Å². The van der Waals surface area contributed by atoms with Crippen molar-refractivity contribution in [3.05, 3.63) is 83.5 Å². The molecule has 0 fully saturated rings. The van der Waals surface area contributed by atoms with Crippen molar-refractivity contribution in [2.75, 3.05) is 5.32 Å². The first-order valence-electron chi connectivity index (χ1n) is 9.04. The van der Waals surface area contributed by atoms with Gasteiger partial charge in [0.2, 0.25) is 0 Å². The summed E-state index contributed by atoms with van der Waals surface area (Å²) in [6.45, 7) is 0.562. The zero-order valence-corrected chi connectivity index (χ0v) is 16.1. The minimum absolute atomic E-state index is 0.268. The maximum Gasteiger partial charge on any atom is 0.277 e. The van der Waals surface area contributed by atoms with Crippen LogP contribution in [0.1, 0.15) is 16.1 Å². The molecule has 0 radical (unpaired) electrons. The van der Waals surface area contributed by atoms with Gasteiger partial charge in [-0.2, -0.15) is 0 Å². The summed E-state index contributed by atoms with van der Waals surface area (Å²) < 4.78 is 1.65. The standard InChI is InChI=1S/C21H16N6OS/c28-21(18-13-27(26-25-18)12-14-5-2-1-3-6-14)22-15-8-9-16-17(11-15)24-20(23-16)19-7-4-10-29-19/h1-11,13H,12H2,(H,22,28)(H,23,24). The maximum atomic E-state index is 12.6. The highest BCUT2D eigenvalue weighted by molar-refractivity contribution is 7.13. The van der Waals surface area contributed by atoms with E-state index in [1.54, 1.807) is 22.2 Å². The number of nitrogens with one attached hydrogen (secondary N) is 2. The van der Waals surface area contributed by atoms with Gasteiger partial charge in [-0.05, 0) is 35.2 Å². The van der Waals surface area contributed by atoms with Crippen LogP contribution in [-0.2, 0) is 6.54 Å². The zero-order chi connectivity index (χ0) is 19.6. The number of carbonyl (C=O) groups excluding carboxylic acids is 1. The number of fused-ring (bicyclic) bond motifs is 1. The fraction of sp³-hybridized carbons (Fsp3) is 0.0476. The van der Waals surface area contributed by atoms with Crippen molar-refractivity contribution in [1.82, 2.24) is 25.0 Å². The summed E-state index contributed by atoms with van der Waals surface area (Å²) in [5.41, 5.74) is 3.74. The Balaban J connectivity index is 1.32. The van der Waals surface area contributed by atoms with Gasteiger partial charge in [-0.3, -0.25) is 4.79 Å². The summed E-state index contributed by atoms with van der Waals surface area (Å²) in [6, 6.07) is 19.5. The molecule has 0 saturated heterocycles. The number of amides is 1. The molecule has 2 aromatic carbocycles. The number of H-pyrrole nitrogens is 1. The Morgan fingerprint density at radius 3 is 2.83 bits per heavy atom. The number of rotatable bonds is 5. The first kappa shape index (κ1) is 17.3. The third-order valence-electron chi connectivity index (χ3n) is 4.45. The van der Waals surface area contributed by atoms with Crippen molar-refractivity contribution in [1.29, 1.82) is 0 Å². The molecular weight excluding hydrogens is 384 g/mol. The first-order chi connectivity index (χ1) is 14.2. The fourth-order valence-electron chi connectivity index (χ4n) is 3.06. The van der Waals surface area contributed by atoms with E-state index in [1.807, 2.05) is 66.0 Å². The van der Waals surface area contributed by atoms with Crippen molar-refractivity contribution in [3.8, 4) is 10.7 Å². The lowest BCUT2D eigenvalue weighted by Gasteiger charge is -2.02. The summed E-state index contributed by atoms with van der Waals surface area (Å²) in [5, 5.41) is 12.9. The first-order valence-corrected chi connectivity index (χ1v) is 9.92. The minimum atomic E-state index is -0.304. The van der Waals surface area contributed by atoms with Gasteiger partial charge in [0.1, 0.15) is 5.82 Å². The zero-order valence-electron chi connectivity index (χ0n) is 15.2. The van der Waals surface area contributed by atoms with Crippen LogP contribution in [0.3, 0.4) is 0 Å². The molecule has 8 heteroatoms. The Labute approximate surface area is 170 Å². The van der Waals surface area contributed by atoms with E-state index < -0.39 is 0 Å². The van der Waals surface area contributed by atoms with Crippen molar-refractivity contribution in [3.63, 3.8) is 0 Å². The van der Waals surface area contributed by atoms with Gasteiger partial charge in [0.15, 0.2) is 5.69 Å². The number of anilines is 1. The van der Waals surface area contributed by atoms with Gasteiger partial charge in [0, 0.05) is 5.69 Å². The molecule has 7 nitrogen and oxygen atoms in total. The highest BCUT2D eigenvalue weighted by Gasteiger charge is 2.13. The fourth-order valence-corrected chi connectivity index (χ4v) is 3.73. The largest absolute Gasteiger partial charge is 0.337 e. The molecule has 0 saturated carbocycles. The molecule has 5 aromatic rings. The van der Waals surface area contributed by atoms with Crippen molar-refractivity contribution < 1.29 is 4.79 Å². The lowest BCUT2D eigenvalue weighted by atomic mass is 10.2. The molecule has 0 atom stereocenters. The van der Waals surface area contributed by atoms with Crippen molar-refractivity contribution >= 4 is 34.0 Å². The van der Waals surface area contributed by atoms with Crippen molar-refractivity contribution in [2.24, 2.45) is 0 Å². The number of nitrogens with zero attached hydrogens (tertiary/aromatic N) is 4. The Kier molecular flexibility index (Phi) is 4.38. The molecule has 3 heterocycles.